The van der Waals surface area contributed by atoms with E-state index in [1.165, 1.54) is 54.7 Å². The minimum Gasteiger partial charge on any atom is -0.423 e. The van der Waals surface area contributed by atoms with Gasteiger partial charge in [0.1, 0.15) is 5.75 Å². The molecule has 0 aromatic heterocycles. The number of carbonyl (C=O) groups is 2. The highest BCUT2D eigenvalue weighted by atomic mass is 16.6. The second-order valence-corrected chi connectivity index (χ2v) is 6.15. The van der Waals surface area contributed by atoms with Crippen LogP contribution in [-0.2, 0) is 0 Å². The molecule has 3 aromatic carbocycles. The summed E-state index contributed by atoms with van der Waals surface area (Å²) in [5.74, 6) is -0.789. The van der Waals surface area contributed by atoms with Crippen molar-refractivity contribution in [1.29, 1.82) is 5.26 Å². The standard InChI is InChI=1S/C22H14N4O5/c23-13-15-1-5-17(6-2-15)21(27)25-24-14-16-3-11-20(12-4-16)31-22(28)18-7-9-19(10-8-18)26(29)30/h1-12,14H,(H,25,27). The quantitative estimate of drug-likeness (QED) is 0.216. The fourth-order valence-corrected chi connectivity index (χ4v) is 2.43. The summed E-state index contributed by atoms with van der Waals surface area (Å²) in [6.45, 7) is 0. The topological polar surface area (TPSA) is 135 Å². The largest absolute Gasteiger partial charge is 0.423 e. The van der Waals surface area contributed by atoms with Gasteiger partial charge in [0, 0.05) is 17.7 Å². The van der Waals surface area contributed by atoms with Crippen LogP contribution in [0, 0.1) is 21.4 Å². The lowest BCUT2D eigenvalue weighted by atomic mass is 10.1. The van der Waals surface area contributed by atoms with Gasteiger partial charge in [-0.15, -0.1) is 0 Å². The summed E-state index contributed by atoms with van der Waals surface area (Å²) in [5.41, 5.74) is 3.91. The number of carbonyl (C=O) groups excluding carboxylic acids is 2. The van der Waals surface area contributed by atoms with E-state index < -0.39 is 16.8 Å². The maximum absolute atomic E-state index is 12.1. The molecule has 152 valence electrons. The maximum atomic E-state index is 12.1. The number of benzene rings is 3. The number of ether oxygens (including phenoxy) is 1. The van der Waals surface area contributed by atoms with Crippen molar-refractivity contribution in [2.24, 2.45) is 5.10 Å². The maximum Gasteiger partial charge on any atom is 0.343 e. The van der Waals surface area contributed by atoms with Crippen molar-refractivity contribution >= 4 is 23.8 Å². The number of nitro groups is 1. The second-order valence-electron chi connectivity index (χ2n) is 6.15. The fourth-order valence-electron chi connectivity index (χ4n) is 2.43. The smallest absolute Gasteiger partial charge is 0.343 e. The third kappa shape index (κ3) is 5.58. The molecule has 9 heteroatoms. The molecular formula is C22H14N4O5. The van der Waals surface area contributed by atoms with Crippen LogP contribution in [0.3, 0.4) is 0 Å². The van der Waals surface area contributed by atoms with Crippen LogP contribution in [0.25, 0.3) is 0 Å². The van der Waals surface area contributed by atoms with Crippen LogP contribution in [0.15, 0.2) is 77.9 Å². The van der Waals surface area contributed by atoms with Gasteiger partial charge in [-0.05, 0) is 66.2 Å². The van der Waals surface area contributed by atoms with E-state index in [-0.39, 0.29) is 17.0 Å². The first-order valence-electron chi connectivity index (χ1n) is 8.86. The van der Waals surface area contributed by atoms with Gasteiger partial charge >= 0.3 is 5.97 Å². The summed E-state index contributed by atoms with van der Waals surface area (Å²) in [7, 11) is 0. The van der Waals surface area contributed by atoms with E-state index in [2.05, 4.69) is 10.5 Å². The monoisotopic (exact) mass is 414 g/mol. The second kappa shape index (κ2) is 9.58. The van der Waals surface area contributed by atoms with Crippen molar-refractivity contribution in [3.63, 3.8) is 0 Å². The summed E-state index contributed by atoms with van der Waals surface area (Å²) in [5, 5.41) is 23.3. The summed E-state index contributed by atoms with van der Waals surface area (Å²) < 4.78 is 5.23. The third-order valence-electron chi connectivity index (χ3n) is 4.06. The van der Waals surface area contributed by atoms with E-state index in [0.29, 0.717) is 16.7 Å². The number of nitrogens with one attached hydrogen (secondary N) is 1. The molecule has 1 amide bonds. The Morgan fingerprint density at radius 2 is 1.58 bits per heavy atom. The predicted molar refractivity (Wildman–Crippen MR) is 111 cm³/mol. The van der Waals surface area contributed by atoms with Gasteiger partial charge in [-0.2, -0.15) is 10.4 Å². The molecule has 0 aliphatic carbocycles. The molecule has 0 spiro atoms. The molecule has 0 unspecified atom stereocenters. The number of hydrazone groups is 1. The molecule has 0 saturated heterocycles. The minimum absolute atomic E-state index is 0.119. The van der Waals surface area contributed by atoms with E-state index in [1.54, 1.807) is 24.3 Å². The first kappa shape index (κ1) is 20.9. The molecular weight excluding hydrogens is 400 g/mol. The van der Waals surface area contributed by atoms with Crippen LogP contribution in [-0.4, -0.2) is 23.0 Å². The SMILES string of the molecule is N#Cc1ccc(C(=O)NN=Cc2ccc(OC(=O)c3ccc([N+](=O)[O-])cc3)cc2)cc1. The number of nitro benzene ring substituents is 1. The Bertz CT molecular complexity index is 1180. The predicted octanol–water partition coefficient (Wildman–Crippen LogP) is 3.45. The Labute approximate surface area is 176 Å². The van der Waals surface area contributed by atoms with Gasteiger partial charge in [0.15, 0.2) is 0 Å². The summed E-state index contributed by atoms with van der Waals surface area (Å²) in [6, 6.07) is 19.5. The molecule has 0 fully saturated rings. The molecule has 3 aromatic rings. The molecule has 0 aliphatic rings. The number of amides is 1. The zero-order valence-corrected chi connectivity index (χ0v) is 15.9. The Morgan fingerprint density at radius 1 is 0.968 bits per heavy atom. The highest BCUT2D eigenvalue weighted by Crippen LogP contribution is 2.16. The Morgan fingerprint density at radius 3 is 2.16 bits per heavy atom. The van der Waals surface area contributed by atoms with Gasteiger partial charge in [-0.25, -0.2) is 10.2 Å². The van der Waals surface area contributed by atoms with Crippen LogP contribution < -0.4 is 10.2 Å². The van der Waals surface area contributed by atoms with E-state index in [9.17, 15) is 19.7 Å². The number of hydrogen-bond donors (Lipinski definition) is 1. The van der Waals surface area contributed by atoms with Gasteiger partial charge in [-0.3, -0.25) is 14.9 Å². The molecule has 9 nitrogen and oxygen atoms in total. The fraction of sp³-hybridized carbons (Fsp3) is 0. The van der Waals surface area contributed by atoms with Crippen molar-refractivity contribution in [3.8, 4) is 11.8 Å². The molecule has 0 atom stereocenters. The molecule has 0 aliphatic heterocycles. The number of hydrogen-bond acceptors (Lipinski definition) is 7. The molecule has 31 heavy (non-hydrogen) atoms. The Balaban J connectivity index is 1.55. The summed E-state index contributed by atoms with van der Waals surface area (Å²) >= 11 is 0. The lowest BCUT2D eigenvalue weighted by Crippen LogP contribution is -2.17. The number of rotatable bonds is 6. The number of esters is 1. The van der Waals surface area contributed by atoms with Crippen LogP contribution in [0.4, 0.5) is 5.69 Å². The average Bonchev–Trinajstić information content (AvgIpc) is 2.80. The van der Waals surface area contributed by atoms with Gasteiger partial charge in [0.25, 0.3) is 11.6 Å². The lowest BCUT2D eigenvalue weighted by Gasteiger charge is -2.04. The lowest BCUT2D eigenvalue weighted by molar-refractivity contribution is -0.384. The highest BCUT2D eigenvalue weighted by molar-refractivity contribution is 5.95. The first-order valence-corrected chi connectivity index (χ1v) is 8.86. The summed E-state index contributed by atoms with van der Waals surface area (Å²) in [4.78, 5) is 34.2. The van der Waals surface area contributed by atoms with E-state index in [4.69, 9.17) is 10.00 Å². The number of nitrogens with zero attached hydrogens (tertiary/aromatic N) is 3. The van der Waals surface area contributed by atoms with Crippen LogP contribution >= 0.6 is 0 Å². The van der Waals surface area contributed by atoms with Gasteiger partial charge in [0.2, 0.25) is 0 Å². The minimum atomic E-state index is -0.647. The van der Waals surface area contributed by atoms with E-state index >= 15 is 0 Å². The van der Waals surface area contributed by atoms with Gasteiger partial charge in [0.05, 0.1) is 28.3 Å². The van der Waals surface area contributed by atoms with Crippen LogP contribution in [0.5, 0.6) is 5.75 Å². The molecule has 1 N–H and O–H groups in total. The molecule has 0 bridgehead atoms. The third-order valence-corrected chi connectivity index (χ3v) is 4.06. The molecule has 3 rings (SSSR count). The van der Waals surface area contributed by atoms with E-state index in [1.807, 2.05) is 6.07 Å². The van der Waals surface area contributed by atoms with Gasteiger partial charge in [-0.1, -0.05) is 0 Å². The number of non-ortho nitro benzene ring substituents is 1. The first-order chi connectivity index (χ1) is 15.0. The zero-order valence-electron chi connectivity index (χ0n) is 15.9. The van der Waals surface area contributed by atoms with Crippen LogP contribution in [0.1, 0.15) is 31.8 Å². The van der Waals surface area contributed by atoms with Gasteiger partial charge < -0.3 is 4.74 Å². The molecule has 0 saturated carbocycles. The molecule has 0 heterocycles. The van der Waals surface area contributed by atoms with Crippen LogP contribution in [0.2, 0.25) is 0 Å². The van der Waals surface area contributed by atoms with Crippen molar-refractivity contribution < 1.29 is 19.2 Å². The Hall–Kier alpha value is -4.84. The normalized spacial score (nSPS) is 10.3. The highest BCUT2D eigenvalue weighted by Gasteiger charge is 2.11. The van der Waals surface area contributed by atoms with E-state index in [0.717, 1.165) is 0 Å². The van der Waals surface area contributed by atoms with Crippen molar-refractivity contribution in [3.05, 3.63) is 105 Å². The Kier molecular flexibility index (Phi) is 6.45. The number of nitriles is 1. The molecule has 0 radical (unpaired) electrons. The van der Waals surface area contributed by atoms with Crippen molar-refractivity contribution in [1.82, 2.24) is 5.43 Å². The van der Waals surface area contributed by atoms with Crippen molar-refractivity contribution in [2.45, 2.75) is 0 Å². The summed E-state index contributed by atoms with van der Waals surface area (Å²) in [6.07, 6.45) is 1.42. The zero-order chi connectivity index (χ0) is 22.2. The average molecular weight is 414 g/mol. The van der Waals surface area contributed by atoms with Crippen molar-refractivity contribution in [2.75, 3.05) is 0 Å².